The molecule has 2 aromatic carbocycles. The van der Waals surface area contributed by atoms with Gasteiger partial charge in [0.2, 0.25) is 0 Å². The van der Waals surface area contributed by atoms with Crippen molar-refractivity contribution in [3.05, 3.63) is 62.9 Å². The SMILES string of the molecule is O=c1c2ccccc2nc2n1[C@@H](CSc1cc(Cl)ccc1Cl)CS2. The number of aromatic nitrogens is 2. The molecule has 1 aliphatic rings. The molecule has 0 saturated carbocycles. The molecule has 0 amide bonds. The Morgan fingerprint density at radius 3 is 2.96 bits per heavy atom. The normalized spacial score (nSPS) is 16.5. The maximum Gasteiger partial charge on any atom is 0.262 e. The van der Waals surface area contributed by atoms with Gasteiger partial charge in [0.25, 0.3) is 5.56 Å². The third-order valence-electron chi connectivity index (χ3n) is 3.87. The Balaban J connectivity index is 1.65. The molecule has 1 atom stereocenters. The van der Waals surface area contributed by atoms with Gasteiger partial charge in [-0.15, -0.1) is 11.8 Å². The Morgan fingerprint density at radius 1 is 1.25 bits per heavy atom. The van der Waals surface area contributed by atoms with Gasteiger partial charge in [-0.1, -0.05) is 47.1 Å². The number of thioether (sulfide) groups is 2. The van der Waals surface area contributed by atoms with Crippen LogP contribution in [0.4, 0.5) is 0 Å². The molecule has 0 aliphatic carbocycles. The predicted molar refractivity (Wildman–Crippen MR) is 103 cm³/mol. The fraction of sp³-hybridized carbons (Fsp3) is 0.176. The van der Waals surface area contributed by atoms with Crippen LogP contribution in [-0.4, -0.2) is 21.1 Å². The molecule has 4 rings (SSSR count). The van der Waals surface area contributed by atoms with Crippen molar-refractivity contribution in [2.75, 3.05) is 11.5 Å². The Labute approximate surface area is 157 Å². The largest absolute Gasteiger partial charge is 0.282 e. The number of halogens is 2. The molecule has 0 radical (unpaired) electrons. The van der Waals surface area contributed by atoms with Crippen molar-refractivity contribution in [1.82, 2.24) is 9.55 Å². The highest BCUT2D eigenvalue weighted by Gasteiger charge is 2.26. The summed E-state index contributed by atoms with van der Waals surface area (Å²) in [7, 11) is 0. The average Bonchev–Trinajstić information content (AvgIpc) is 2.99. The van der Waals surface area contributed by atoms with Gasteiger partial charge in [-0.3, -0.25) is 9.36 Å². The maximum atomic E-state index is 12.8. The highest BCUT2D eigenvalue weighted by Crippen LogP contribution is 2.37. The first kappa shape index (κ1) is 16.3. The second-order valence-electron chi connectivity index (χ2n) is 5.44. The zero-order valence-corrected chi connectivity index (χ0v) is 15.6. The average molecular weight is 395 g/mol. The predicted octanol–water partition coefficient (Wildman–Crippen LogP) is 5.14. The van der Waals surface area contributed by atoms with Crippen LogP contribution in [0.3, 0.4) is 0 Å². The quantitative estimate of drug-likeness (QED) is 0.454. The third kappa shape index (κ3) is 2.94. The second kappa shape index (κ2) is 6.64. The first-order chi connectivity index (χ1) is 11.6. The van der Waals surface area contributed by atoms with Gasteiger partial charge in [0.15, 0.2) is 5.16 Å². The van der Waals surface area contributed by atoms with Gasteiger partial charge in [0.1, 0.15) is 0 Å². The van der Waals surface area contributed by atoms with Crippen molar-refractivity contribution in [3.8, 4) is 0 Å². The second-order valence-corrected chi connectivity index (χ2v) is 8.33. The van der Waals surface area contributed by atoms with Crippen LogP contribution >= 0.6 is 46.7 Å². The summed E-state index contributed by atoms with van der Waals surface area (Å²) >= 11 is 15.5. The first-order valence-corrected chi connectivity index (χ1v) is 10.1. The monoisotopic (exact) mass is 394 g/mol. The summed E-state index contributed by atoms with van der Waals surface area (Å²) < 4.78 is 1.82. The minimum absolute atomic E-state index is 0.0309. The lowest BCUT2D eigenvalue weighted by Gasteiger charge is -2.14. The van der Waals surface area contributed by atoms with Crippen LogP contribution in [0, 0.1) is 0 Å². The number of fused-ring (bicyclic) bond motifs is 2. The van der Waals surface area contributed by atoms with Crippen molar-refractivity contribution < 1.29 is 0 Å². The van der Waals surface area contributed by atoms with E-state index in [9.17, 15) is 4.79 Å². The van der Waals surface area contributed by atoms with E-state index in [1.54, 1.807) is 35.7 Å². The van der Waals surface area contributed by atoms with E-state index < -0.39 is 0 Å². The third-order valence-corrected chi connectivity index (χ3v) is 6.84. The molecule has 0 spiro atoms. The lowest BCUT2D eigenvalue weighted by atomic mass is 10.2. The summed E-state index contributed by atoms with van der Waals surface area (Å²) in [5.74, 6) is 1.59. The van der Waals surface area contributed by atoms with Crippen molar-refractivity contribution in [2.45, 2.75) is 16.1 Å². The standard InChI is InChI=1S/C17H12Cl2N2OS2/c18-10-5-6-13(19)15(7-10)23-8-11-9-24-17-20-14-4-2-1-3-12(14)16(22)21(11)17/h1-7,11H,8-9H2/t11-/m0/s1. The number of hydrogen-bond donors (Lipinski definition) is 0. The summed E-state index contributed by atoms with van der Waals surface area (Å²) in [5.41, 5.74) is 0.788. The molecule has 7 heteroatoms. The van der Waals surface area contributed by atoms with E-state index in [-0.39, 0.29) is 11.6 Å². The molecule has 0 unspecified atom stereocenters. The summed E-state index contributed by atoms with van der Waals surface area (Å²) in [6, 6.07) is 13.0. The van der Waals surface area contributed by atoms with E-state index in [0.717, 1.165) is 27.1 Å². The van der Waals surface area contributed by atoms with Gasteiger partial charge in [-0.05, 0) is 30.3 Å². The van der Waals surface area contributed by atoms with Crippen LogP contribution in [0.25, 0.3) is 10.9 Å². The molecule has 24 heavy (non-hydrogen) atoms. The zero-order chi connectivity index (χ0) is 16.7. The number of benzene rings is 2. The van der Waals surface area contributed by atoms with Crippen LogP contribution < -0.4 is 5.56 Å². The van der Waals surface area contributed by atoms with Gasteiger partial charge >= 0.3 is 0 Å². The molecule has 1 aliphatic heterocycles. The number of nitrogens with zero attached hydrogens (tertiary/aromatic N) is 2. The van der Waals surface area contributed by atoms with Crippen LogP contribution in [-0.2, 0) is 0 Å². The van der Waals surface area contributed by atoms with Crippen LogP contribution in [0.5, 0.6) is 0 Å². The highest BCUT2D eigenvalue weighted by atomic mass is 35.5. The number of hydrogen-bond acceptors (Lipinski definition) is 4. The van der Waals surface area contributed by atoms with Crippen LogP contribution in [0.1, 0.15) is 6.04 Å². The Morgan fingerprint density at radius 2 is 2.08 bits per heavy atom. The van der Waals surface area contributed by atoms with Gasteiger partial charge in [0.05, 0.1) is 22.0 Å². The van der Waals surface area contributed by atoms with Crippen molar-refractivity contribution >= 4 is 57.6 Å². The Bertz CT molecular complexity index is 990. The van der Waals surface area contributed by atoms with Gasteiger partial charge < -0.3 is 0 Å². The molecule has 0 saturated heterocycles. The fourth-order valence-electron chi connectivity index (χ4n) is 2.69. The maximum absolute atomic E-state index is 12.8. The van der Waals surface area contributed by atoms with E-state index >= 15 is 0 Å². The molecule has 3 nitrogen and oxygen atoms in total. The number of rotatable bonds is 3. The van der Waals surface area contributed by atoms with Crippen LogP contribution in [0.2, 0.25) is 10.0 Å². The van der Waals surface area contributed by atoms with E-state index in [1.165, 1.54) is 0 Å². The molecule has 3 aromatic rings. The van der Waals surface area contributed by atoms with Crippen molar-refractivity contribution in [2.24, 2.45) is 0 Å². The molecule has 0 bridgehead atoms. The summed E-state index contributed by atoms with van der Waals surface area (Å²) in [4.78, 5) is 18.4. The molecule has 2 heterocycles. The lowest BCUT2D eigenvalue weighted by Crippen LogP contribution is -2.25. The van der Waals surface area contributed by atoms with E-state index in [1.807, 2.05) is 34.9 Å². The molecule has 0 fully saturated rings. The van der Waals surface area contributed by atoms with Crippen molar-refractivity contribution in [3.63, 3.8) is 0 Å². The molecule has 0 N–H and O–H groups in total. The smallest absolute Gasteiger partial charge is 0.262 e. The van der Waals surface area contributed by atoms with Crippen molar-refractivity contribution in [1.29, 1.82) is 0 Å². The zero-order valence-electron chi connectivity index (χ0n) is 12.4. The minimum Gasteiger partial charge on any atom is -0.282 e. The topological polar surface area (TPSA) is 34.9 Å². The van der Waals surface area contributed by atoms with Crippen LogP contribution in [0.15, 0.2) is 57.3 Å². The van der Waals surface area contributed by atoms with Gasteiger partial charge in [0, 0.05) is 21.4 Å². The van der Waals surface area contributed by atoms with E-state index in [0.29, 0.717) is 15.4 Å². The van der Waals surface area contributed by atoms with Gasteiger partial charge in [-0.25, -0.2) is 4.98 Å². The molecule has 122 valence electrons. The fourth-order valence-corrected chi connectivity index (χ4v) is 5.56. The molecular formula is C17H12Cl2N2OS2. The van der Waals surface area contributed by atoms with Gasteiger partial charge in [-0.2, -0.15) is 0 Å². The summed E-state index contributed by atoms with van der Waals surface area (Å²) in [6.45, 7) is 0. The lowest BCUT2D eigenvalue weighted by molar-refractivity contribution is 0.558. The highest BCUT2D eigenvalue weighted by molar-refractivity contribution is 8.00. The molecular weight excluding hydrogens is 383 g/mol. The Kier molecular flexibility index (Phi) is 4.52. The minimum atomic E-state index is 0.0309. The molecule has 1 aromatic heterocycles. The van der Waals surface area contributed by atoms with E-state index in [2.05, 4.69) is 4.98 Å². The first-order valence-electron chi connectivity index (χ1n) is 7.35. The summed E-state index contributed by atoms with van der Waals surface area (Å²) in [5, 5.41) is 2.80. The Hall–Kier alpha value is -1.14. The summed E-state index contributed by atoms with van der Waals surface area (Å²) in [6.07, 6.45) is 0. The van der Waals surface area contributed by atoms with E-state index in [4.69, 9.17) is 23.2 Å². The number of para-hydroxylation sites is 1.